The Morgan fingerprint density at radius 3 is 2.30 bits per heavy atom. The summed E-state index contributed by atoms with van der Waals surface area (Å²) in [7, 11) is 4.50. The van der Waals surface area contributed by atoms with E-state index >= 15 is 0 Å². The number of nitrogens with one attached hydrogen (secondary N) is 1. The summed E-state index contributed by atoms with van der Waals surface area (Å²) in [6.45, 7) is 0. The summed E-state index contributed by atoms with van der Waals surface area (Å²) in [4.78, 5) is 24.6. The molecule has 6 heteroatoms. The summed E-state index contributed by atoms with van der Waals surface area (Å²) < 4.78 is 18.2. The number of hydrogen-bond donors (Lipinski definition) is 1. The quantitative estimate of drug-likeness (QED) is 0.883. The lowest BCUT2D eigenvalue weighted by Crippen LogP contribution is -2.27. The van der Waals surface area contributed by atoms with Crippen molar-refractivity contribution in [1.82, 2.24) is 4.90 Å². The molecule has 2 aromatic carbocycles. The molecular formula is C17H17FN2O3. The Bertz CT molecular complexity index is 727. The van der Waals surface area contributed by atoms with Crippen molar-refractivity contribution in [3.63, 3.8) is 0 Å². The maximum Gasteiger partial charge on any atom is 0.337 e. The van der Waals surface area contributed by atoms with Crippen molar-refractivity contribution in [2.24, 2.45) is 0 Å². The predicted molar refractivity (Wildman–Crippen MR) is 85.9 cm³/mol. The number of halogens is 1. The van der Waals surface area contributed by atoms with Crippen molar-refractivity contribution in [3.05, 3.63) is 53.8 Å². The molecule has 0 aliphatic heterocycles. The minimum absolute atomic E-state index is 0.356. The molecule has 0 atom stereocenters. The average Bonchev–Trinajstić information content (AvgIpc) is 2.54. The number of carbonyl (C=O) groups excluding carboxylic acids is 2. The number of hydrogen-bond acceptors (Lipinski definition) is 3. The van der Waals surface area contributed by atoms with Crippen LogP contribution < -0.4 is 5.32 Å². The molecule has 1 N–H and O–H groups in total. The molecule has 5 nitrogen and oxygen atoms in total. The van der Waals surface area contributed by atoms with Gasteiger partial charge < -0.3 is 15.0 Å². The molecule has 0 fully saturated rings. The zero-order chi connectivity index (χ0) is 17.0. The Morgan fingerprint density at radius 2 is 1.74 bits per heavy atom. The Morgan fingerprint density at radius 1 is 1.09 bits per heavy atom. The van der Waals surface area contributed by atoms with E-state index in [2.05, 4.69) is 10.1 Å². The average molecular weight is 316 g/mol. The normalized spacial score (nSPS) is 10.1. The van der Waals surface area contributed by atoms with Gasteiger partial charge in [0.05, 0.1) is 18.4 Å². The molecule has 23 heavy (non-hydrogen) atoms. The number of methoxy groups -OCH3 is 1. The fourth-order valence-electron chi connectivity index (χ4n) is 2.00. The summed E-state index contributed by atoms with van der Waals surface area (Å²) in [5.41, 5.74) is 2.16. The van der Waals surface area contributed by atoms with Crippen LogP contribution in [0.3, 0.4) is 0 Å². The van der Waals surface area contributed by atoms with Crippen LogP contribution in [-0.4, -0.2) is 38.1 Å². The molecule has 0 aromatic heterocycles. The first-order chi connectivity index (χ1) is 10.9. The summed E-state index contributed by atoms with van der Waals surface area (Å²) >= 11 is 0. The smallest absolute Gasteiger partial charge is 0.337 e. The third kappa shape index (κ3) is 3.85. The molecule has 2 aromatic rings. The van der Waals surface area contributed by atoms with Crippen LogP contribution in [0.1, 0.15) is 10.4 Å². The molecule has 0 radical (unpaired) electrons. The van der Waals surface area contributed by atoms with Crippen molar-refractivity contribution < 1.29 is 18.7 Å². The topological polar surface area (TPSA) is 58.6 Å². The van der Waals surface area contributed by atoms with Crippen LogP contribution in [0.4, 0.5) is 14.9 Å². The van der Waals surface area contributed by atoms with E-state index in [0.717, 1.165) is 5.56 Å². The highest BCUT2D eigenvalue weighted by atomic mass is 19.1. The zero-order valence-corrected chi connectivity index (χ0v) is 13.1. The second kappa shape index (κ2) is 6.91. The summed E-state index contributed by atoms with van der Waals surface area (Å²) in [5, 5.41) is 2.65. The van der Waals surface area contributed by atoms with Gasteiger partial charge in [-0.15, -0.1) is 0 Å². The summed E-state index contributed by atoms with van der Waals surface area (Å²) in [5.74, 6) is -0.884. The monoisotopic (exact) mass is 316 g/mol. The predicted octanol–water partition coefficient (Wildman–Crippen LogP) is 3.37. The van der Waals surface area contributed by atoms with E-state index in [1.165, 1.54) is 24.1 Å². The van der Waals surface area contributed by atoms with Crippen molar-refractivity contribution in [3.8, 4) is 11.1 Å². The van der Waals surface area contributed by atoms with E-state index in [0.29, 0.717) is 16.8 Å². The number of urea groups is 1. The molecule has 0 aliphatic carbocycles. The van der Waals surface area contributed by atoms with E-state index in [-0.39, 0.29) is 6.03 Å². The van der Waals surface area contributed by atoms with Crippen LogP contribution in [0.25, 0.3) is 11.1 Å². The lowest BCUT2D eigenvalue weighted by atomic mass is 10.0. The van der Waals surface area contributed by atoms with Crippen molar-refractivity contribution in [2.75, 3.05) is 26.5 Å². The Labute approximate surface area is 133 Å². The first kappa shape index (κ1) is 16.5. The van der Waals surface area contributed by atoms with E-state index in [1.54, 1.807) is 44.4 Å². The SMILES string of the molecule is COC(=O)c1ccc(-c2ccc(F)cc2NC(=O)N(C)C)cc1. The zero-order valence-electron chi connectivity index (χ0n) is 13.1. The molecule has 0 spiro atoms. The number of nitrogens with zero attached hydrogens (tertiary/aromatic N) is 1. The molecule has 2 amide bonds. The van der Waals surface area contributed by atoms with Crippen LogP contribution in [0, 0.1) is 5.82 Å². The van der Waals surface area contributed by atoms with Gasteiger partial charge in [-0.25, -0.2) is 14.0 Å². The molecule has 0 saturated heterocycles. The Hall–Kier alpha value is -2.89. The molecule has 0 aliphatic rings. The lowest BCUT2D eigenvalue weighted by molar-refractivity contribution is 0.0600. The molecule has 0 heterocycles. The molecule has 0 bridgehead atoms. The maximum atomic E-state index is 13.5. The van der Waals surface area contributed by atoms with Gasteiger partial charge in [-0.1, -0.05) is 12.1 Å². The van der Waals surface area contributed by atoms with E-state index in [9.17, 15) is 14.0 Å². The van der Waals surface area contributed by atoms with Gasteiger partial charge in [0.25, 0.3) is 0 Å². The van der Waals surface area contributed by atoms with Crippen LogP contribution in [0.15, 0.2) is 42.5 Å². The van der Waals surface area contributed by atoms with Crippen molar-refractivity contribution in [1.29, 1.82) is 0 Å². The third-order valence-corrected chi connectivity index (χ3v) is 3.25. The highest BCUT2D eigenvalue weighted by Gasteiger charge is 2.12. The van der Waals surface area contributed by atoms with E-state index < -0.39 is 11.8 Å². The second-order valence-corrected chi connectivity index (χ2v) is 5.08. The van der Waals surface area contributed by atoms with E-state index in [1.807, 2.05) is 0 Å². The number of anilines is 1. The molecular weight excluding hydrogens is 299 g/mol. The third-order valence-electron chi connectivity index (χ3n) is 3.25. The number of amides is 2. The fourth-order valence-corrected chi connectivity index (χ4v) is 2.00. The Balaban J connectivity index is 2.38. The first-order valence-electron chi connectivity index (χ1n) is 6.89. The number of benzene rings is 2. The fraction of sp³-hybridized carbons (Fsp3) is 0.176. The van der Waals surface area contributed by atoms with Crippen LogP contribution in [0.2, 0.25) is 0 Å². The minimum atomic E-state index is -0.450. The van der Waals surface area contributed by atoms with Gasteiger partial charge in [-0.05, 0) is 35.9 Å². The van der Waals surface area contributed by atoms with Gasteiger partial charge in [-0.3, -0.25) is 0 Å². The highest BCUT2D eigenvalue weighted by molar-refractivity contribution is 5.95. The molecule has 0 saturated carbocycles. The van der Waals surface area contributed by atoms with Crippen LogP contribution in [-0.2, 0) is 4.74 Å². The van der Waals surface area contributed by atoms with Crippen molar-refractivity contribution in [2.45, 2.75) is 0 Å². The molecule has 0 unspecified atom stereocenters. The van der Waals surface area contributed by atoms with Gasteiger partial charge in [0.1, 0.15) is 5.82 Å². The number of ether oxygens (including phenoxy) is 1. The largest absolute Gasteiger partial charge is 0.465 e. The Kier molecular flexibility index (Phi) is 4.95. The van der Waals surface area contributed by atoms with Gasteiger partial charge >= 0.3 is 12.0 Å². The van der Waals surface area contributed by atoms with Gasteiger partial charge in [0.15, 0.2) is 0 Å². The molecule has 120 valence electrons. The minimum Gasteiger partial charge on any atom is -0.465 e. The molecule has 2 rings (SSSR count). The number of carbonyl (C=O) groups is 2. The maximum absolute atomic E-state index is 13.5. The van der Waals surface area contributed by atoms with E-state index in [4.69, 9.17) is 0 Å². The lowest BCUT2D eigenvalue weighted by Gasteiger charge is -2.15. The summed E-state index contributed by atoms with van der Waals surface area (Å²) in [6.07, 6.45) is 0. The van der Waals surface area contributed by atoms with Crippen molar-refractivity contribution >= 4 is 17.7 Å². The van der Waals surface area contributed by atoms with Gasteiger partial charge in [0, 0.05) is 19.7 Å². The van der Waals surface area contributed by atoms with Gasteiger partial charge in [-0.2, -0.15) is 0 Å². The van der Waals surface area contributed by atoms with Gasteiger partial charge in [0.2, 0.25) is 0 Å². The standard InChI is InChI=1S/C17H17FN2O3/c1-20(2)17(22)19-15-10-13(18)8-9-14(15)11-4-6-12(7-5-11)16(21)23-3/h4-10H,1-3H3,(H,19,22). The first-order valence-corrected chi connectivity index (χ1v) is 6.89. The van der Waals surface area contributed by atoms with Crippen LogP contribution in [0.5, 0.6) is 0 Å². The highest BCUT2D eigenvalue weighted by Crippen LogP contribution is 2.29. The second-order valence-electron chi connectivity index (χ2n) is 5.08. The van der Waals surface area contributed by atoms with Crippen LogP contribution >= 0.6 is 0 Å². The number of rotatable bonds is 3. The summed E-state index contributed by atoms with van der Waals surface area (Å²) in [6, 6.07) is 10.4. The number of esters is 1.